The van der Waals surface area contributed by atoms with Crippen LogP contribution in [0.15, 0.2) is 23.8 Å². The molecule has 0 aromatic rings. The van der Waals surface area contributed by atoms with E-state index in [2.05, 4.69) is 0 Å². The number of aliphatic hydroxyl groups excluding tert-OH is 2. The van der Waals surface area contributed by atoms with E-state index in [9.17, 15) is 19.8 Å². The van der Waals surface area contributed by atoms with Gasteiger partial charge in [0, 0.05) is 16.7 Å². The van der Waals surface area contributed by atoms with Crippen molar-refractivity contribution in [3.8, 4) is 0 Å². The van der Waals surface area contributed by atoms with Crippen LogP contribution in [0, 0.1) is 28.6 Å². The fourth-order valence-corrected chi connectivity index (χ4v) is 7.77. The Morgan fingerprint density at radius 1 is 1.42 bits per heavy atom. The maximum atomic E-state index is 13.3. The number of hydrogen-bond donors (Lipinski definition) is 2. The average Bonchev–Trinajstić information content (AvgIpc) is 3.20. The maximum absolute atomic E-state index is 13.3. The van der Waals surface area contributed by atoms with E-state index < -0.39 is 53.1 Å². The van der Waals surface area contributed by atoms with Crippen molar-refractivity contribution in [1.82, 2.24) is 0 Å². The second-order valence-electron chi connectivity index (χ2n) is 10.4. The quantitative estimate of drug-likeness (QED) is 0.708. The summed E-state index contributed by atoms with van der Waals surface area (Å²) in [5.41, 5.74) is -2.52. The molecule has 2 N–H and O–H groups in total. The lowest BCUT2D eigenvalue weighted by atomic mass is 9.46. The Morgan fingerprint density at radius 3 is 2.90 bits per heavy atom. The summed E-state index contributed by atoms with van der Waals surface area (Å²) in [6.45, 7) is 4.95. The maximum Gasteiger partial charge on any atom is 0.193 e. The fraction of sp³-hybridized carbons (Fsp3) is 0.760. The van der Waals surface area contributed by atoms with Crippen LogP contribution < -0.4 is 0 Å². The van der Waals surface area contributed by atoms with Crippen molar-refractivity contribution >= 4 is 11.6 Å². The van der Waals surface area contributed by atoms with Crippen LogP contribution in [0.1, 0.15) is 63.4 Å². The molecule has 0 bridgehead atoms. The molecule has 0 aromatic heterocycles. The van der Waals surface area contributed by atoms with Crippen molar-refractivity contribution in [3.63, 3.8) is 0 Å². The summed E-state index contributed by atoms with van der Waals surface area (Å²) in [6, 6.07) is -0.375. The van der Waals surface area contributed by atoms with Crippen LogP contribution in [-0.2, 0) is 19.1 Å². The second-order valence-corrected chi connectivity index (χ2v) is 10.4. The molecule has 6 nitrogen and oxygen atoms in total. The molecule has 3 saturated carbocycles. The average molecular weight is 434 g/mol. The molecule has 1 saturated heterocycles. The Balaban J connectivity index is 1.60. The van der Waals surface area contributed by atoms with Gasteiger partial charge in [0.25, 0.3) is 0 Å². The smallest absolute Gasteiger partial charge is 0.193 e. The Kier molecular flexibility index (Phi) is 4.14. The van der Waals surface area contributed by atoms with E-state index in [1.54, 1.807) is 0 Å². The van der Waals surface area contributed by atoms with Crippen molar-refractivity contribution in [1.29, 1.82) is 0 Å². The first-order chi connectivity index (χ1) is 15.9. The summed E-state index contributed by atoms with van der Waals surface area (Å²) in [5.74, 6) is -1.56. The minimum absolute atomic E-state index is 0.0488. The summed E-state index contributed by atoms with van der Waals surface area (Å²) in [7, 11) is 0. The third-order valence-corrected chi connectivity index (χ3v) is 9.01. The van der Waals surface area contributed by atoms with Crippen LogP contribution in [0.5, 0.6) is 0 Å². The molecule has 170 valence electrons. The van der Waals surface area contributed by atoms with E-state index in [1.165, 1.54) is 6.08 Å². The normalized spacial score (nSPS) is 54.7. The highest BCUT2D eigenvalue weighted by molar-refractivity contribution is 6.01. The molecule has 1 aliphatic heterocycles. The molecule has 5 aliphatic rings. The Morgan fingerprint density at radius 2 is 2.19 bits per heavy atom. The minimum Gasteiger partial charge on any atom is -0.393 e. The molecule has 6 heteroatoms. The largest absolute Gasteiger partial charge is 0.393 e. The van der Waals surface area contributed by atoms with Gasteiger partial charge in [-0.05, 0) is 56.1 Å². The summed E-state index contributed by atoms with van der Waals surface area (Å²) in [5, 5.41) is 21.5. The number of Topliss-reactive ketones (excluding diaryl/α,β-unsaturated/α-hetero) is 1. The molecule has 0 aromatic carbocycles. The predicted molar refractivity (Wildman–Crippen MR) is 113 cm³/mol. The first-order valence-electron chi connectivity index (χ1n) is 13.0. The van der Waals surface area contributed by atoms with Gasteiger partial charge in [0.05, 0.1) is 16.3 Å². The van der Waals surface area contributed by atoms with Gasteiger partial charge in [-0.3, -0.25) is 9.59 Å². The highest BCUT2D eigenvalue weighted by Crippen LogP contribution is 2.69. The highest BCUT2D eigenvalue weighted by atomic mass is 16.7. The molecule has 0 amide bonds. The Hall–Kier alpha value is -1.34. The van der Waals surface area contributed by atoms with Crippen molar-refractivity contribution in [2.75, 3.05) is 6.61 Å². The molecule has 5 rings (SSSR count). The number of allylic oxidation sites excluding steroid dienone is 4. The molecule has 0 spiro atoms. The van der Waals surface area contributed by atoms with Crippen molar-refractivity contribution < 1.29 is 33.4 Å². The van der Waals surface area contributed by atoms with Crippen LogP contribution in [0.4, 0.5) is 0 Å². The lowest BCUT2D eigenvalue weighted by Gasteiger charge is -2.59. The topological polar surface area (TPSA) is 93.1 Å². The van der Waals surface area contributed by atoms with E-state index in [0.717, 1.165) is 5.57 Å². The molecule has 31 heavy (non-hydrogen) atoms. The minimum atomic E-state index is -1.67. The number of aliphatic hydroxyl groups is 2. The molecule has 4 fully saturated rings. The standard InChI is InChI=1S/C25H34O6/c1-4-5-21-30-20-11-17-16-7-6-14-10-15(27)8-9-23(14,2)22(16)18(28)12-24(17,3)25(20,31-21)19(29)13-26/h8-10,16-18,20-22,26,28H,4-7,11-13H2,1-3H3/t16-,17-,18-,20+,21?,22+,23-,24-,25+/m0/s1/i8D,9D,21D. The van der Waals surface area contributed by atoms with E-state index in [-0.39, 0.29) is 36.3 Å². The van der Waals surface area contributed by atoms with Crippen LogP contribution in [0.2, 0.25) is 0 Å². The molecule has 1 unspecified atom stereocenters. The summed E-state index contributed by atoms with van der Waals surface area (Å²) >= 11 is 0. The second kappa shape index (κ2) is 7.08. The first-order valence-corrected chi connectivity index (χ1v) is 11.5. The van der Waals surface area contributed by atoms with Gasteiger partial charge in [0.15, 0.2) is 23.4 Å². The van der Waals surface area contributed by atoms with Gasteiger partial charge in [0.2, 0.25) is 0 Å². The Labute approximate surface area is 187 Å². The molecule has 9 atom stereocenters. The van der Waals surface area contributed by atoms with Crippen molar-refractivity contribution in [3.05, 3.63) is 23.8 Å². The van der Waals surface area contributed by atoms with Crippen LogP contribution in [0.25, 0.3) is 0 Å². The monoisotopic (exact) mass is 433 g/mol. The lowest BCUT2D eigenvalue weighted by molar-refractivity contribution is -0.200. The van der Waals surface area contributed by atoms with Crippen LogP contribution in [0.3, 0.4) is 0 Å². The molecule has 4 aliphatic carbocycles. The van der Waals surface area contributed by atoms with E-state index in [1.807, 2.05) is 20.8 Å². The number of hydrogen-bond acceptors (Lipinski definition) is 6. The van der Waals surface area contributed by atoms with Gasteiger partial charge in [-0.1, -0.05) is 38.8 Å². The predicted octanol–water partition coefficient (Wildman–Crippen LogP) is 2.72. The van der Waals surface area contributed by atoms with Gasteiger partial charge in [-0.2, -0.15) is 0 Å². The van der Waals surface area contributed by atoms with Crippen molar-refractivity contribution in [2.45, 2.75) is 83.4 Å². The Bertz CT molecular complexity index is 1010. The number of ether oxygens (including phenoxy) is 2. The van der Waals surface area contributed by atoms with Crippen LogP contribution in [-0.4, -0.2) is 52.5 Å². The fourth-order valence-electron chi connectivity index (χ4n) is 7.77. The van der Waals surface area contributed by atoms with Gasteiger partial charge in [0.1, 0.15) is 6.61 Å². The summed E-state index contributed by atoms with van der Waals surface area (Å²) < 4.78 is 37.9. The number of ketones is 2. The molecular weight excluding hydrogens is 396 g/mol. The summed E-state index contributed by atoms with van der Waals surface area (Å²) in [6.07, 6.45) is 0.998. The number of carbonyl (C=O) groups is 2. The van der Waals surface area contributed by atoms with E-state index in [4.69, 9.17) is 13.6 Å². The SMILES string of the molecule is [2H]C1=C([2H])[C@@]2(C)C(=CC1=O)CC[C@@H]1[C@@H]2[C@@H](O)C[C@@]2(C)[C@H]1C[C@H]1OC([2H])(CCC)O[C@]12C(=O)CO. The summed E-state index contributed by atoms with van der Waals surface area (Å²) in [4.78, 5) is 25.6. The molecule has 0 radical (unpaired) electrons. The third-order valence-electron chi connectivity index (χ3n) is 9.01. The number of fused-ring (bicyclic) bond motifs is 7. The zero-order valence-electron chi connectivity index (χ0n) is 21.4. The lowest BCUT2D eigenvalue weighted by Crippen LogP contribution is -2.63. The van der Waals surface area contributed by atoms with Gasteiger partial charge in [-0.15, -0.1) is 0 Å². The van der Waals surface area contributed by atoms with E-state index in [0.29, 0.717) is 32.1 Å². The number of carbonyl (C=O) groups excluding carboxylic acids is 2. The zero-order chi connectivity index (χ0) is 24.8. The van der Waals surface area contributed by atoms with E-state index >= 15 is 0 Å². The highest BCUT2D eigenvalue weighted by Gasteiger charge is 2.75. The zero-order valence-corrected chi connectivity index (χ0v) is 18.4. The molecule has 1 heterocycles. The third kappa shape index (κ3) is 2.65. The van der Waals surface area contributed by atoms with Crippen LogP contribution >= 0.6 is 0 Å². The number of rotatable bonds is 4. The van der Waals surface area contributed by atoms with Gasteiger partial charge in [-0.25, -0.2) is 0 Å². The molecular formula is C25H34O6. The van der Waals surface area contributed by atoms with Crippen molar-refractivity contribution in [2.24, 2.45) is 28.6 Å². The first kappa shape index (κ1) is 18.1. The van der Waals surface area contributed by atoms with Gasteiger partial charge >= 0.3 is 0 Å². The van der Waals surface area contributed by atoms with Gasteiger partial charge < -0.3 is 19.7 Å².